The van der Waals surface area contributed by atoms with Crippen molar-refractivity contribution in [3.05, 3.63) is 0 Å². The van der Waals surface area contributed by atoms with E-state index in [9.17, 15) is 9.59 Å². The van der Waals surface area contributed by atoms with Gasteiger partial charge in [0, 0.05) is 5.75 Å². The number of nitrogens with zero attached hydrogens (tertiary/aromatic N) is 1. The van der Waals surface area contributed by atoms with Crippen molar-refractivity contribution in [2.24, 2.45) is 5.73 Å². The van der Waals surface area contributed by atoms with Crippen LogP contribution in [-0.4, -0.2) is 38.2 Å². The van der Waals surface area contributed by atoms with Crippen molar-refractivity contribution in [1.29, 1.82) is 0 Å². The predicted molar refractivity (Wildman–Crippen MR) is 54.0 cm³/mol. The van der Waals surface area contributed by atoms with Crippen LogP contribution < -0.4 is 5.73 Å². The van der Waals surface area contributed by atoms with Crippen molar-refractivity contribution in [3.63, 3.8) is 0 Å². The lowest BCUT2D eigenvalue weighted by Gasteiger charge is -2.37. The van der Waals surface area contributed by atoms with Gasteiger partial charge < -0.3 is 10.8 Å². The Kier molecular flexibility index (Phi) is 2.43. The largest absolute Gasteiger partial charge is 0.479 e. The average molecular weight is 218 g/mol. The number of carboxylic acid groups (broad SMARTS) is 1. The van der Waals surface area contributed by atoms with Crippen LogP contribution in [0.3, 0.4) is 0 Å². The van der Waals surface area contributed by atoms with Crippen LogP contribution in [0.5, 0.6) is 0 Å². The normalized spacial score (nSPS) is 30.4. The number of carboxylic acids is 1. The Morgan fingerprint density at radius 1 is 1.43 bits per heavy atom. The fourth-order valence-electron chi connectivity index (χ4n) is 1.71. The number of urea groups is 1. The molecule has 0 radical (unpaired) electrons. The Hall–Kier alpha value is -0.910. The van der Waals surface area contributed by atoms with Gasteiger partial charge in [-0.3, -0.25) is 4.90 Å². The van der Waals surface area contributed by atoms with E-state index < -0.39 is 22.4 Å². The zero-order valence-electron chi connectivity index (χ0n) is 8.40. The molecule has 0 aromatic rings. The van der Waals surface area contributed by atoms with Crippen molar-refractivity contribution in [2.75, 3.05) is 5.75 Å². The summed E-state index contributed by atoms with van der Waals surface area (Å²) in [6, 6.07) is -0.690. The maximum absolute atomic E-state index is 11.2. The molecule has 1 heterocycles. The molecule has 3 N–H and O–H groups in total. The third-order valence-corrected chi connectivity index (χ3v) is 4.02. The second-order valence-corrected chi connectivity index (χ2v) is 5.56. The molecule has 80 valence electrons. The van der Waals surface area contributed by atoms with Crippen LogP contribution in [0.1, 0.15) is 20.8 Å². The topological polar surface area (TPSA) is 83.6 Å². The predicted octanol–water partition coefficient (Wildman–Crippen LogP) is 0.693. The van der Waals surface area contributed by atoms with Gasteiger partial charge in [-0.2, -0.15) is 0 Å². The number of amides is 2. The summed E-state index contributed by atoms with van der Waals surface area (Å²) in [7, 11) is 0. The standard InChI is InChI=1S/C8H14N2O3S/c1-7(2)10(6(9)13)8(3,4-14-7)5(11)12/h4H2,1-3H3,(H2,9,13)(H,11,12)/t8-/m0/s1. The molecule has 14 heavy (non-hydrogen) atoms. The summed E-state index contributed by atoms with van der Waals surface area (Å²) < 4.78 is 0. The molecule has 1 aliphatic rings. The number of rotatable bonds is 1. The maximum Gasteiger partial charge on any atom is 0.330 e. The van der Waals surface area contributed by atoms with Crippen LogP contribution in [0.2, 0.25) is 0 Å². The highest BCUT2D eigenvalue weighted by atomic mass is 32.2. The van der Waals surface area contributed by atoms with Crippen molar-refractivity contribution >= 4 is 23.8 Å². The summed E-state index contributed by atoms with van der Waals surface area (Å²) in [5.74, 6) is -0.660. The molecule has 0 aromatic heterocycles. The molecule has 1 rings (SSSR count). The minimum Gasteiger partial charge on any atom is -0.479 e. The summed E-state index contributed by atoms with van der Waals surface area (Å²) in [4.78, 5) is 22.9. The monoisotopic (exact) mass is 218 g/mol. The number of hydrogen-bond donors (Lipinski definition) is 2. The van der Waals surface area contributed by atoms with E-state index in [-0.39, 0.29) is 0 Å². The van der Waals surface area contributed by atoms with Crippen LogP contribution in [-0.2, 0) is 4.79 Å². The maximum atomic E-state index is 11.2. The molecular weight excluding hydrogens is 204 g/mol. The van der Waals surface area contributed by atoms with Gasteiger partial charge in [0.25, 0.3) is 0 Å². The number of hydrogen-bond acceptors (Lipinski definition) is 3. The highest BCUT2D eigenvalue weighted by Gasteiger charge is 2.54. The van der Waals surface area contributed by atoms with Crippen molar-refractivity contribution in [2.45, 2.75) is 31.2 Å². The quantitative estimate of drug-likeness (QED) is 0.678. The van der Waals surface area contributed by atoms with E-state index in [0.29, 0.717) is 5.75 Å². The Bertz CT molecular complexity index is 292. The number of primary amides is 1. The Labute approximate surface area is 86.6 Å². The van der Waals surface area contributed by atoms with E-state index in [1.165, 1.54) is 23.6 Å². The molecule has 0 bridgehead atoms. The molecule has 1 fully saturated rings. The van der Waals surface area contributed by atoms with Gasteiger partial charge in [-0.25, -0.2) is 9.59 Å². The number of carbonyl (C=O) groups is 2. The van der Waals surface area contributed by atoms with Crippen LogP contribution in [0.25, 0.3) is 0 Å². The van der Waals surface area contributed by atoms with Gasteiger partial charge in [0.15, 0.2) is 0 Å². The Balaban J connectivity index is 3.13. The van der Waals surface area contributed by atoms with Gasteiger partial charge in [0.1, 0.15) is 5.54 Å². The summed E-state index contributed by atoms with van der Waals surface area (Å²) in [6.45, 7) is 5.09. The number of aliphatic carboxylic acids is 1. The molecule has 0 spiro atoms. The van der Waals surface area contributed by atoms with E-state index in [2.05, 4.69) is 0 Å². The van der Waals surface area contributed by atoms with Crippen LogP contribution in [0, 0.1) is 0 Å². The van der Waals surface area contributed by atoms with E-state index in [0.717, 1.165) is 0 Å². The van der Waals surface area contributed by atoms with E-state index >= 15 is 0 Å². The second kappa shape index (κ2) is 3.05. The molecule has 6 heteroatoms. The van der Waals surface area contributed by atoms with Gasteiger partial charge >= 0.3 is 12.0 Å². The molecule has 1 aliphatic heterocycles. The number of carbonyl (C=O) groups excluding carboxylic acids is 1. The molecule has 1 atom stereocenters. The second-order valence-electron chi connectivity index (χ2n) is 3.99. The van der Waals surface area contributed by atoms with Gasteiger partial charge in [0.05, 0.1) is 4.87 Å². The smallest absolute Gasteiger partial charge is 0.330 e. The molecule has 0 aromatic carbocycles. The summed E-state index contributed by atoms with van der Waals surface area (Å²) in [5.41, 5.74) is 4.00. The van der Waals surface area contributed by atoms with Crippen LogP contribution >= 0.6 is 11.8 Å². The number of thioether (sulfide) groups is 1. The lowest BCUT2D eigenvalue weighted by Crippen LogP contribution is -2.59. The summed E-state index contributed by atoms with van der Waals surface area (Å²) >= 11 is 1.42. The fourth-order valence-corrected chi connectivity index (χ4v) is 3.01. The lowest BCUT2D eigenvalue weighted by atomic mass is 10.0. The molecule has 2 amide bonds. The zero-order chi connectivity index (χ0) is 11.1. The van der Waals surface area contributed by atoms with Gasteiger partial charge in [0.2, 0.25) is 0 Å². The first-order valence-electron chi connectivity index (χ1n) is 4.19. The van der Waals surface area contributed by atoms with E-state index in [1.54, 1.807) is 13.8 Å². The van der Waals surface area contributed by atoms with E-state index in [1.807, 2.05) is 0 Å². The minimum atomic E-state index is -1.19. The first kappa shape index (κ1) is 11.2. The molecule has 5 nitrogen and oxygen atoms in total. The van der Waals surface area contributed by atoms with Crippen molar-refractivity contribution in [1.82, 2.24) is 4.90 Å². The SMILES string of the molecule is CC1(C)SC[C@@](C)(C(=O)O)N1C(N)=O. The van der Waals surface area contributed by atoms with E-state index in [4.69, 9.17) is 10.8 Å². The molecular formula is C8H14N2O3S. The minimum absolute atomic E-state index is 0.359. The summed E-state index contributed by atoms with van der Waals surface area (Å²) in [6.07, 6.45) is 0. The fraction of sp³-hybridized carbons (Fsp3) is 0.750. The highest BCUT2D eigenvalue weighted by molar-refractivity contribution is 8.00. The zero-order valence-corrected chi connectivity index (χ0v) is 9.22. The van der Waals surface area contributed by atoms with Gasteiger partial charge in [-0.15, -0.1) is 11.8 Å². The molecule has 0 unspecified atom stereocenters. The number of nitrogens with two attached hydrogens (primary N) is 1. The van der Waals surface area contributed by atoms with Crippen LogP contribution in [0.15, 0.2) is 0 Å². The summed E-state index contributed by atoms with van der Waals surface area (Å²) in [5, 5.41) is 9.06. The molecule has 0 saturated carbocycles. The Morgan fingerprint density at radius 3 is 2.21 bits per heavy atom. The van der Waals surface area contributed by atoms with Gasteiger partial charge in [-0.05, 0) is 20.8 Å². The van der Waals surface area contributed by atoms with Crippen molar-refractivity contribution in [3.8, 4) is 0 Å². The highest BCUT2D eigenvalue weighted by Crippen LogP contribution is 2.44. The van der Waals surface area contributed by atoms with Gasteiger partial charge in [-0.1, -0.05) is 0 Å². The van der Waals surface area contributed by atoms with Crippen molar-refractivity contribution < 1.29 is 14.7 Å². The van der Waals surface area contributed by atoms with Crippen LogP contribution in [0.4, 0.5) is 4.79 Å². The first-order chi connectivity index (χ1) is 6.22. The average Bonchev–Trinajstić information content (AvgIpc) is 2.23. The third kappa shape index (κ3) is 1.43. The third-order valence-electron chi connectivity index (χ3n) is 2.42. The first-order valence-corrected chi connectivity index (χ1v) is 5.17. The Morgan fingerprint density at radius 2 is 1.93 bits per heavy atom. The molecule has 0 aliphatic carbocycles. The molecule has 1 saturated heterocycles. The lowest BCUT2D eigenvalue weighted by molar-refractivity contribution is -0.147.